The molecule has 1 N–H and O–H groups in total. The third-order valence-corrected chi connectivity index (χ3v) is 5.03. The van der Waals surface area contributed by atoms with Crippen molar-refractivity contribution in [2.75, 3.05) is 37.6 Å². The van der Waals surface area contributed by atoms with Gasteiger partial charge >= 0.3 is 0 Å². The van der Waals surface area contributed by atoms with Crippen LogP contribution in [0.15, 0.2) is 18.2 Å². The fraction of sp³-hybridized carbons (Fsp3) is 0.500. The van der Waals surface area contributed by atoms with Crippen LogP contribution >= 0.6 is 23.2 Å². The van der Waals surface area contributed by atoms with Gasteiger partial charge in [-0.25, -0.2) is 0 Å². The fourth-order valence-electron chi connectivity index (χ4n) is 3.12. The van der Waals surface area contributed by atoms with E-state index in [1.807, 2.05) is 12.1 Å². The molecule has 2 fully saturated rings. The van der Waals surface area contributed by atoms with E-state index in [2.05, 4.69) is 15.1 Å². The second-order valence-corrected chi connectivity index (χ2v) is 6.87. The van der Waals surface area contributed by atoms with E-state index in [0.29, 0.717) is 16.5 Å². The van der Waals surface area contributed by atoms with Crippen LogP contribution in [0, 0.1) is 5.92 Å². The normalized spacial score (nSPS) is 22.5. The molecule has 1 aromatic carbocycles. The van der Waals surface area contributed by atoms with Gasteiger partial charge in [-0.15, -0.1) is 0 Å². The molecule has 0 aliphatic carbocycles. The number of nitrogens with one attached hydrogen (secondary N) is 1. The zero-order chi connectivity index (χ0) is 16.4. The largest absolute Gasteiger partial charge is 0.368 e. The monoisotopic (exact) mass is 355 g/mol. The van der Waals surface area contributed by atoms with E-state index >= 15 is 0 Å². The topological polar surface area (TPSA) is 52.7 Å². The van der Waals surface area contributed by atoms with E-state index < -0.39 is 0 Å². The lowest BCUT2D eigenvalue weighted by Crippen LogP contribution is -2.47. The SMILES string of the molecule is O=C1CC(CCN2CCN(c3cc(Cl)ccc3Cl)CC2)C(=O)N1. The van der Waals surface area contributed by atoms with Crippen LogP contribution in [0.2, 0.25) is 10.0 Å². The summed E-state index contributed by atoms with van der Waals surface area (Å²) in [6.07, 6.45) is 1.06. The van der Waals surface area contributed by atoms with Crippen LogP contribution in [0.1, 0.15) is 12.8 Å². The lowest BCUT2D eigenvalue weighted by Gasteiger charge is -2.36. The Morgan fingerprint density at radius 1 is 1.13 bits per heavy atom. The van der Waals surface area contributed by atoms with Gasteiger partial charge < -0.3 is 4.90 Å². The van der Waals surface area contributed by atoms with Crippen molar-refractivity contribution in [1.29, 1.82) is 0 Å². The van der Waals surface area contributed by atoms with E-state index in [9.17, 15) is 9.59 Å². The minimum absolute atomic E-state index is 0.126. The summed E-state index contributed by atoms with van der Waals surface area (Å²) in [5, 5.41) is 3.76. The van der Waals surface area contributed by atoms with Crippen LogP contribution in [0.4, 0.5) is 5.69 Å². The van der Waals surface area contributed by atoms with Crippen molar-refractivity contribution < 1.29 is 9.59 Å². The van der Waals surface area contributed by atoms with Gasteiger partial charge in [0.2, 0.25) is 11.8 Å². The molecule has 1 unspecified atom stereocenters. The quantitative estimate of drug-likeness (QED) is 0.841. The third kappa shape index (κ3) is 3.97. The molecule has 2 heterocycles. The summed E-state index contributed by atoms with van der Waals surface area (Å²) in [6, 6.07) is 5.51. The molecule has 0 radical (unpaired) electrons. The number of hydrogen-bond donors (Lipinski definition) is 1. The number of hydrogen-bond acceptors (Lipinski definition) is 4. The molecule has 0 bridgehead atoms. The minimum Gasteiger partial charge on any atom is -0.368 e. The van der Waals surface area contributed by atoms with Gasteiger partial charge in [-0.3, -0.25) is 19.8 Å². The standard InChI is InChI=1S/C16H19Cl2N3O2/c17-12-1-2-13(18)14(10-12)21-7-5-20(6-8-21)4-3-11-9-15(22)19-16(11)23/h1-2,10-11H,3-9H2,(H,19,22,23). The second kappa shape index (κ2) is 7.07. The van der Waals surface area contributed by atoms with Gasteiger partial charge in [-0.1, -0.05) is 23.2 Å². The number of anilines is 1. The molecule has 5 nitrogen and oxygen atoms in total. The van der Waals surface area contributed by atoms with E-state index in [-0.39, 0.29) is 17.7 Å². The molecule has 1 aromatic rings. The first-order chi connectivity index (χ1) is 11.0. The lowest BCUT2D eigenvalue weighted by molar-refractivity contribution is -0.125. The van der Waals surface area contributed by atoms with Crippen LogP contribution < -0.4 is 10.2 Å². The van der Waals surface area contributed by atoms with Crippen LogP contribution in [-0.4, -0.2) is 49.4 Å². The molecule has 3 rings (SSSR count). The van der Waals surface area contributed by atoms with Crippen molar-refractivity contribution in [2.24, 2.45) is 5.92 Å². The molecule has 2 amide bonds. The average Bonchev–Trinajstić information content (AvgIpc) is 2.86. The molecular formula is C16H19Cl2N3O2. The number of carbonyl (C=O) groups is 2. The van der Waals surface area contributed by atoms with E-state index in [4.69, 9.17) is 23.2 Å². The molecule has 124 valence electrons. The zero-order valence-corrected chi connectivity index (χ0v) is 14.2. The third-order valence-electron chi connectivity index (χ3n) is 4.48. The summed E-state index contributed by atoms with van der Waals surface area (Å²) in [6.45, 7) is 4.39. The Balaban J connectivity index is 1.50. The van der Waals surface area contributed by atoms with Gasteiger partial charge in [-0.2, -0.15) is 0 Å². The first kappa shape index (κ1) is 16.6. The summed E-state index contributed by atoms with van der Waals surface area (Å²) in [5.41, 5.74) is 0.972. The van der Waals surface area contributed by atoms with E-state index in [0.717, 1.165) is 44.8 Å². The highest BCUT2D eigenvalue weighted by Crippen LogP contribution is 2.29. The summed E-state index contributed by atoms with van der Waals surface area (Å²) in [7, 11) is 0. The number of benzene rings is 1. The van der Waals surface area contributed by atoms with E-state index in [1.165, 1.54) is 0 Å². The van der Waals surface area contributed by atoms with Crippen molar-refractivity contribution >= 4 is 40.7 Å². The Labute approximate surface area is 145 Å². The number of nitrogens with zero attached hydrogens (tertiary/aromatic N) is 2. The maximum Gasteiger partial charge on any atom is 0.230 e. The van der Waals surface area contributed by atoms with Crippen LogP contribution in [-0.2, 0) is 9.59 Å². The molecule has 1 atom stereocenters. The van der Waals surface area contributed by atoms with E-state index in [1.54, 1.807) is 6.07 Å². The molecule has 0 spiro atoms. The van der Waals surface area contributed by atoms with Crippen molar-refractivity contribution in [1.82, 2.24) is 10.2 Å². The zero-order valence-electron chi connectivity index (χ0n) is 12.7. The maximum absolute atomic E-state index is 11.6. The summed E-state index contributed by atoms with van der Waals surface area (Å²) < 4.78 is 0. The molecule has 23 heavy (non-hydrogen) atoms. The van der Waals surface area contributed by atoms with Crippen LogP contribution in [0.25, 0.3) is 0 Å². The van der Waals surface area contributed by atoms with Gasteiger partial charge in [0.05, 0.1) is 10.7 Å². The highest BCUT2D eigenvalue weighted by molar-refractivity contribution is 6.35. The predicted octanol–water partition coefficient (Wildman–Crippen LogP) is 2.17. The summed E-state index contributed by atoms with van der Waals surface area (Å²) in [4.78, 5) is 27.3. The fourth-order valence-corrected chi connectivity index (χ4v) is 3.52. The summed E-state index contributed by atoms with van der Waals surface area (Å²) >= 11 is 12.3. The molecule has 2 saturated heterocycles. The van der Waals surface area contributed by atoms with Gasteiger partial charge in [0.1, 0.15) is 0 Å². The first-order valence-electron chi connectivity index (χ1n) is 7.79. The highest BCUT2D eigenvalue weighted by atomic mass is 35.5. The van der Waals surface area contributed by atoms with Crippen molar-refractivity contribution in [3.63, 3.8) is 0 Å². The summed E-state index contributed by atoms with van der Waals surface area (Å²) in [5.74, 6) is -0.442. The number of piperazine rings is 1. The molecule has 7 heteroatoms. The van der Waals surface area contributed by atoms with Crippen molar-refractivity contribution in [3.05, 3.63) is 28.2 Å². The number of rotatable bonds is 4. The predicted molar refractivity (Wildman–Crippen MR) is 91.0 cm³/mol. The Bertz CT molecular complexity index is 615. The van der Waals surface area contributed by atoms with Crippen molar-refractivity contribution in [2.45, 2.75) is 12.8 Å². The van der Waals surface area contributed by atoms with Crippen LogP contribution in [0.3, 0.4) is 0 Å². The smallest absolute Gasteiger partial charge is 0.230 e. The molecule has 0 saturated carbocycles. The lowest BCUT2D eigenvalue weighted by atomic mass is 10.0. The Morgan fingerprint density at radius 2 is 1.87 bits per heavy atom. The Hall–Kier alpha value is -1.30. The van der Waals surface area contributed by atoms with Gasteiger partial charge in [0.15, 0.2) is 0 Å². The number of amides is 2. The molecular weight excluding hydrogens is 337 g/mol. The van der Waals surface area contributed by atoms with Crippen LogP contribution in [0.5, 0.6) is 0 Å². The minimum atomic E-state index is -0.164. The second-order valence-electron chi connectivity index (χ2n) is 6.03. The number of carbonyl (C=O) groups excluding carboxylic acids is 2. The van der Waals surface area contributed by atoms with Gasteiger partial charge in [-0.05, 0) is 31.2 Å². The molecule has 0 aromatic heterocycles. The highest BCUT2D eigenvalue weighted by Gasteiger charge is 2.30. The molecule has 2 aliphatic rings. The number of halogens is 2. The number of imide groups is 1. The first-order valence-corrected chi connectivity index (χ1v) is 8.54. The Kier molecular flexibility index (Phi) is 5.09. The Morgan fingerprint density at radius 3 is 2.52 bits per heavy atom. The maximum atomic E-state index is 11.6. The van der Waals surface area contributed by atoms with Gasteiger partial charge in [0, 0.05) is 43.5 Å². The van der Waals surface area contributed by atoms with Crippen molar-refractivity contribution in [3.8, 4) is 0 Å². The molecule has 2 aliphatic heterocycles. The average molecular weight is 356 g/mol. The van der Waals surface area contributed by atoms with Gasteiger partial charge in [0.25, 0.3) is 0 Å².